The third kappa shape index (κ3) is 14.9. The monoisotopic (exact) mass is 1230 g/mol. The van der Waals surface area contributed by atoms with Crippen LogP contribution in [0.4, 0.5) is 11.6 Å². The summed E-state index contributed by atoms with van der Waals surface area (Å²) in [6.07, 6.45) is 6.65. The number of fused-ring (bicyclic) bond motifs is 2. The summed E-state index contributed by atoms with van der Waals surface area (Å²) in [7, 11) is -7.94. The van der Waals surface area contributed by atoms with Crippen molar-refractivity contribution in [2.24, 2.45) is 0 Å². The van der Waals surface area contributed by atoms with Gasteiger partial charge in [-0.05, 0) is 142 Å². The molecule has 0 amide bonds. The molecule has 19 nitrogen and oxygen atoms in total. The molecule has 10 aromatic rings. The smallest absolute Gasteiger partial charge is 0.399 e. The van der Waals surface area contributed by atoms with E-state index in [0.29, 0.717) is 41.6 Å². The van der Waals surface area contributed by atoms with Crippen molar-refractivity contribution in [3.63, 3.8) is 0 Å². The summed E-state index contributed by atoms with van der Waals surface area (Å²) in [5.74, 6) is 1.66. The summed E-state index contributed by atoms with van der Waals surface area (Å²) in [6, 6.07) is 32.4. The van der Waals surface area contributed by atoms with Gasteiger partial charge in [0.25, 0.3) is 0 Å². The third-order valence-electron chi connectivity index (χ3n) is 13.2. The highest BCUT2D eigenvalue weighted by Gasteiger charge is 2.52. The Hall–Kier alpha value is -7.00. The highest BCUT2D eigenvalue weighted by atomic mass is 35.5. The molecule has 438 valence electrons. The molecule has 0 unspecified atom stereocenters. The Bertz CT molecular complexity index is 4170. The van der Waals surface area contributed by atoms with Crippen molar-refractivity contribution in [2.75, 3.05) is 10.6 Å². The third-order valence-corrected chi connectivity index (χ3v) is 18.5. The Kier molecular flexibility index (Phi) is 18.0. The van der Waals surface area contributed by atoms with Crippen molar-refractivity contribution in [3.8, 4) is 33.6 Å². The molecule has 0 saturated carbocycles. The molecule has 3 aromatic carbocycles. The van der Waals surface area contributed by atoms with E-state index in [9.17, 15) is 16.8 Å². The highest BCUT2D eigenvalue weighted by Crippen LogP contribution is 2.37. The second kappa shape index (κ2) is 24.5. The van der Waals surface area contributed by atoms with E-state index in [1.165, 1.54) is 12.3 Å². The SMILES string of the molecule is CC(C)(C)NS(=O)(=O)c1cccc(B2OC(C)(C)C(C)(C)O2)c1.Cc1nc(CNc2nc(-c3cncc(S(=O)(=O)NC(C)(C)C)c3)nn3ccc(-c4ccccc4)c23)cs1.Cc1nc(CNc2nc(Cl)nn3ccc(-c4ccccc4)c23)cs1. The van der Waals surface area contributed by atoms with Crippen molar-refractivity contribution in [1.29, 1.82) is 0 Å². The Balaban J connectivity index is 0.000000158. The van der Waals surface area contributed by atoms with Crippen molar-refractivity contribution < 1.29 is 26.1 Å². The molecule has 11 rings (SSSR count). The fourth-order valence-electron chi connectivity index (χ4n) is 8.84. The Morgan fingerprint density at radius 3 is 1.56 bits per heavy atom. The minimum Gasteiger partial charge on any atom is -0.399 e. The van der Waals surface area contributed by atoms with Gasteiger partial charge in [0, 0.05) is 63.3 Å². The second-order valence-electron chi connectivity index (χ2n) is 23.0. The molecular formula is C59H67BClN13O6S4. The van der Waals surface area contributed by atoms with Crippen LogP contribution in [-0.4, -0.2) is 90.4 Å². The highest BCUT2D eigenvalue weighted by molar-refractivity contribution is 7.89. The lowest BCUT2D eigenvalue weighted by Crippen LogP contribution is -2.41. The lowest BCUT2D eigenvalue weighted by Gasteiger charge is -2.32. The maximum Gasteiger partial charge on any atom is 0.494 e. The van der Waals surface area contributed by atoms with Crippen molar-refractivity contribution in [1.82, 2.24) is 53.6 Å². The average molecular weight is 1230 g/mol. The molecule has 0 radical (unpaired) electrons. The molecule has 7 aromatic heterocycles. The molecular weight excluding hydrogens is 1160 g/mol. The number of rotatable bonds is 14. The quantitative estimate of drug-likeness (QED) is 0.0741. The number of aryl methyl sites for hydroxylation is 2. The largest absolute Gasteiger partial charge is 0.494 e. The molecule has 0 atom stereocenters. The number of hydrogen-bond acceptors (Lipinski definition) is 17. The van der Waals surface area contributed by atoms with Crippen molar-refractivity contribution in [3.05, 3.63) is 165 Å². The van der Waals surface area contributed by atoms with E-state index in [1.54, 1.807) is 76.9 Å². The van der Waals surface area contributed by atoms with Crippen molar-refractivity contribution >= 4 is 89.6 Å². The summed E-state index contributed by atoms with van der Waals surface area (Å²) in [6.45, 7) is 23.7. The molecule has 8 heterocycles. The standard InChI is InChI=1S/C26H27N7O2S2.C17H14ClN5S.C16H26BNO4S/c1-17-29-20(16-36-17)14-28-25-23-22(18-8-6-5-7-9-18)10-11-33(23)31-24(30-25)19-12-21(15-27-13-19)37(34,35)32-26(2,3)4;1-11-20-13(10-24-11)9-19-16-15-14(12-5-3-2-4-6-12)7-8-23(15)22-17(18)21-16;1-14(2,3)18-23(19,20)13-10-8-9-12(11-13)17-21-15(4,5)16(6,7)22-17/h5-13,15-16,32H,14H2,1-4H3,(H,28,30,31);2-8,10H,9H2,1H3,(H,19,21,22);8-11,18H,1-7H3. The zero-order valence-electron chi connectivity index (χ0n) is 48.8. The van der Waals surface area contributed by atoms with E-state index in [-0.39, 0.29) is 15.1 Å². The molecule has 1 aliphatic rings. The minimum absolute atomic E-state index is 0.0496. The number of aromatic nitrogens is 9. The molecule has 1 aliphatic heterocycles. The lowest BCUT2D eigenvalue weighted by atomic mass is 9.79. The van der Waals surface area contributed by atoms with E-state index < -0.39 is 49.4 Å². The molecule has 0 aliphatic carbocycles. The second-order valence-corrected chi connectivity index (χ2v) is 28.8. The van der Waals surface area contributed by atoms with Gasteiger partial charge in [-0.3, -0.25) is 4.98 Å². The van der Waals surface area contributed by atoms with Crippen LogP contribution in [0.1, 0.15) is 90.6 Å². The number of sulfonamides is 2. The topological polar surface area (TPSA) is 234 Å². The van der Waals surface area contributed by atoms with Gasteiger partial charge < -0.3 is 19.9 Å². The number of nitrogens with zero attached hydrogens (tertiary/aromatic N) is 9. The van der Waals surface area contributed by atoms with Gasteiger partial charge in [-0.25, -0.2) is 50.3 Å². The van der Waals surface area contributed by atoms with Gasteiger partial charge in [-0.1, -0.05) is 72.8 Å². The Morgan fingerprint density at radius 1 is 0.583 bits per heavy atom. The van der Waals surface area contributed by atoms with E-state index in [1.807, 2.05) is 152 Å². The number of halogens is 1. The maximum atomic E-state index is 12.9. The first kappa shape index (κ1) is 61.6. The Labute approximate surface area is 504 Å². The zero-order valence-corrected chi connectivity index (χ0v) is 52.8. The van der Waals surface area contributed by atoms with Crippen LogP contribution in [0.3, 0.4) is 0 Å². The fraction of sp³-hybridized carbons (Fsp3) is 0.305. The zero-order chi connectivity index (χ0) is 60.4. The van der Waals surface area contributed by atoms with E-state index in [2.05, 4.69) is 57.2 Å². The van der Waals surface area contributed by atoms with Gasteiger partial charge in [0.15, 0.2) is 17.5 Å². The van der Waals surface area contributed by atoms with E-state index in [4.69, 9.17) is 31.0 Å². The van der Waals surface area contributed by atoms with Crippen LogP contribution < -0.4 is 25.5 Å². The van der Waals surface area contributed by atoms with Gasteiger partial charge in [0.1, 0.15) is 15.9 Å². The van der Waals surface area contributed by atoms with Gasteiger partial charge in [-0.15, -0.1) is 32.9 Å². The van der Waals surface area contributed by atoms with E-state index in [0.717, 1.165) is 54.7 Å². The number of nitrogens with one attached hydrogen (secondary N) is 4. The molecule has 25 heteroatoms. The van der Waals surface area contributed by atoms with Gasteiger partial charge >= 0.3 is 7.12 Å². The molecule has 84 heavy (non-hydrogen) atoms. The molecule has 1 fully saturated rings. The van der Waals surface area contributed by atoms with E-state index >= 15 is 0 Å². The first-order valence-electron chi connectivity index (χ1n) is 26.9. The number of pyridine rings is 1. The van der Waals surface area contributed by atoms with Gasteiger partial charge in [0.2, 0.25) is 25.3 Å². The maximum absolute atomic E-state index is 12.9. The molecule has 0 bridgehead atoms. The number of benzene rings is 3. The summed E-state index contributed by atoms with van der Waals surface area (Å²) in [4.78, 5) is 22.7. The summed E-state index contributed by atoms with van der Waals surface area (Å²) in [5.41, 5.74) is 6.88. The fourth-order valence-corrected chi connectivity index (χ4v) is 13.1. The van der Waals surface area contributed by atoms with Crippen LogP contribution in [0.5, 0.6) is 0 Å². The lowest BCUT2D eigenvalue weighted by molar-refractivity contribution is 0.00578. The van der Waals surface area contributed by atoms with Crippen LogP contribution in [0.2, 0.25) is 5.28 Å². The van der Waals surface area contributed by atoms with Crippen LogP contribution in [-0.2, 0) is 42.4 Å². The number of thiazole rings is 2. The normalized spacial score (nSPS) is 14.2. The summed E-state index contributed by atoms with van der Waals surface area (Å²) >= 11 is 9.29. The first-order chi connectivity index (χ1) is 39.5. The number of anilines is 2. The van der Waals surface area contributed by atoms with Gasteiger partial charge in [0.05, 0.1) is 50.6 Å². The molecule has 0 spiro atoms. The Morgan fingerprint density at radius 2 is 1.07 bits per heavy atom. The van der Waals surface area contributed by atoms with Gasteiger partial charge in [-0.2, -0.15) is 4.98 Å². The van der Waals surface area contributed by atoms with Crippen molar-refractivity contribution in [2.45, 2.75) is 128 Å². The number of hydrogen-bond donors (Lipinski definition) is 4. The molecule has 1 saturated heterocycles. The summed E-state index contributed by atoms with van der Waals surface area (Å²) < 4.78 is 71.6. The predicted octanol–water partition coefficient (Wildman–Crippen LogP) is 11.4. The molecule has 4 N–H and O–H groups in total. The average Bonchev–Trinajstić information content (AvgIpc) is 2.45. The van der Waals surface area contributed by atoms with Crippen LogP contribution in [0.15, 0.2) is 148 Å². The van der Waals surface area contributed by atoms with Crippen LogP contribution in [0, 0.1) is 13.8 Å². The summed E-state index contributed by atoms with van der Waals surface area (Å²) in [5, 5.41) is 22.0. The predicted molar refractivity (Wildman–Crippen MR) is 336 cm³/mol. The first-order valence-corrected chi connectivity index (χ1v) is 32.0. The van der Waals surface area contributed by atoms with Crippen LogP contribution >= 0.6 is 34.3 Å². The van der Waals surface area contributed by atoms with Crippen LogP contribution in [0.25, 0.3) is 44.7 Å². The minimum atomic E-state index is -3.77.